The Labute approximate surface area is 153 Å². The molecule has 3 rings (SSSR count). The predicted molar refractivity (Wildman–Crippen MR) is 97.0 cm³/mol. The second-order valence-electron chi connectivity index (χ2n) is 6.78. The van der Waals surface area contributed by atoms with Crippen molar-refractivity contribution in [2.45, 2.75) is 38.6 Å². The second kappa shape index (κ2) is 8.74. The monoisotopic (exact) mass is 359 g/mol. The maximum absolute atomic E-state index is 12.0. The largest absolute Gasteiger partial charge is 0.486 e. The highest BCUT2D eigenvalue weighted by Gasteiger charge is 2.22. The lowest BCUT2D eigenvalue weighted by atomic mass is 9.86. The van der Waals surface area contributed by atoms with Gasteiger partial charge in [-0.25, -0.2) is 4.79 Å². The quantitative estimate of drug-likeness (QED) is 0.646. The van der Waals surface area contributed by atoms with Gasteiger partial charge in [0.25, 0.3) is 5.91 Å². The molecule has 0 saturated heterocycles. The molecule has 1 aromatic carbocycles. The number of hydrogen-bond acceptors (Lipinski definition) is 5. The van der Waals surface area contributed by atoms with E-state index < -0.39 is 5.97 Å². The van der Waals surface area contributed by atoms with Gasteiger partial charge in [-0.3, -0.25) is 4.79 Å². The molecule has 1 aromatic rings. The Morgan fingerprint density at radius 3 is 2.77 bits per heavy atom. The van der Waals surface area contributed by atoms with Gasteiger partial charge in [0.15, 0.2) is 18.1 Å². The number of carbonyl (C=O) groups excluding carboxylic acids is 2. The van der Waals surface area contributed by atoms with Gasteiger partial charge in [0, 0.05) is 12.1 Å². The molecule has 0 unspecified atom stereocenters. The van der Waals surface area contributed by atoms with Gasteiger partial charge >= 0.3 is 5.97 Å². The first kappa shape index (κ1) is 18.3. The molecule has 6 heteroatoms. The van der Waals surface area contributed by atoms with Gasteiger partial charge < -0.3 is 19.5 Å². The van der Waals surface area contributed by atoms with E-state index in [4.69, 9.17) is 14.2 Å². The minimum Gasteiger partial charge on any atom is -0.486 e. The van der Waals surface area contributed by atoms with Crippen LogP contribution in [0.5, 0.6) is 11.5 Å². The molecule has 0 aromatic heterocycles. The molecule has 1 amide bonds. The first-order valence-corrected chi connectivity index (χ1v) is 9.15. The maximum atomic E-state index is 12.0. The summed E-state index contributed by atoms with van der Waals surface area (Å²) >= 11 is 0. The van der Waals surface area contributed by atoms with Crippen LogP contribution in [0, 0.1) is 5.92 Å². The molecular weight excluding hydrogens is 334 g/mol. The number of hydrogen-bond donors (Lipinski definition) is 1. The van der Waals surface area contributed by atoms with Gasteiger partial charge in [-0.1, -0.05) is 25.8 Å². The fraction of sp³-hybridized carbons (Fsp3) is 0.500. The molecule has 0 bridgehead atoms. The third-order valence-corrected chi connectivity index (χ3v) is 4.78. The molecule has 1 heterocycles. The SMILES string of the molecule is C[C@H]1CCCC[C@H]1NC(=O)COC(=O)/C=C/c1ccc2c(c1)OCCO2. The molecule has 0 radical (unpaired) electrons. The Hall–Kier alpha value is -2.50. The second-order valence-corrected chi connectivity index (χ2v) is 6.78. The zero-order chi connectivity index (χ0) is 18.4. The van der Waals surface area contributed by atoms with Crippen molar-refractivity contribution in [1.29, 1.82) is 0 Å². The van der Waals surface area contributed by atoms with Crippen molar-refractivity contribution >= 4 is 18.0 Å². The normalized spacial score (nSPS) is 22.0. The number of benzene rings is 1. The number of esters is 1. The van der Waals surface area contributed by atoms with E-state index in [2.05, 4.69) is 12.2 Å². The highest BCUT2D eigenvalue weighted by Crippen LogP contribution is 2.31. The lowest BCUT2D eigenvalue weighted by Gasteiger charge is -2.29. The summed E-state index contributed by atoms with van der Waals surface area (Å²) in [6, 6.07) is 5.62. The number of ether oxygens (including phenoxy) is 3. The smallest absolute Gasteiger partial charge is 0.331 e. The van der Waals surface area contributed by atoms with E-state index >= 15 is 0 Å². The third kappa shape index (κ3) is 5.00. The van der Waals surface area contributed by atoms with Gasteiger partial charge in [-0.05, 0) is 42.5 Å². The molecule has 2 aliphatic rings. The fourth-order valence-electron chi connectivity index (χ4n) is 3.29. The van der Waals surface area contributed by atoms with Crippen molar-refractivity contribution in [1.82, 2.24) is 5.32 Å². The minimum atomic E-state index is -0.549. The summed E-state index contributed by atoms with van der Waals surface area (Å²) in [6.45, 7) is 2.94. The van der Waals surface area contributed by atoms with Gasteiger partial charge in [0.05, 0.1) is 0 Å². The van der Waals surface area contributed by atoms with Crippen molar-refractivity contribution in [3.05, 3.63) is 29.8 Å². The zero-order valence-electron chi connectivity index (χ0n) is 15.0. The van der Waals surface area contributed by atoms with E-state index in [-0.39, 0.29) is 18.6 Å². The maximum Gasteiger partial charge on any atom is 0.331 e. The molecule has 6 nitrogen and oxygen atoms in total. The molecule has 1 saturated carbocycles. The van der Waals surface area contributed by atoms with Crippen LogP contribution in [0.1, 0.15) is 38.2 Å². The topological polar surface area (TPSA) is 73.9 Å². The van der Waals surface area contributed by atoms with Crippen LogP contribution < -0.4 is 14.8 Å². The molecular formula is C20H25NO5. The van der Waals surface area contributed by atoms with Crippen molar-refractivity contribution in [2.24, 2.45) is 5.92 Å². The third-order valence-electron chi connectivity index (χ3n) is 4.78. The lowest BCUT2D eigenvalue weighted by molar-refractivity contribution is -0.144. The number of amides is 1. The van der Waals surface area contributed by atoms with E-state index in [9.17, 15) is 9.59 Å². The van der Waals surface area contributed by atoms with E-state index in [0.29, 0.717) is 30.6 Å². The Bertz CT molecular complexity index is 685. The molecule has 1 N–H and O–H groups in total. The van der Waals surface area contributed by atoms with Gasteiger partial charge in [-0.2, -0.15) is 0 Å². The van der Waals surface area contributed by atoms with Crippen LogP contribution in [0.15, 0.2) is 24.3 Å². The first-order valence-electron chi connectivity index (χ1n) is 9.15. The standard InChI is InChI=1S/C20H25NO5/c1-14-4-2-3-5-16(14)21-19(22)13-26-20(23)9-7-15-6-8-17-18(12-15)25-11-10-24-17/h6-9,12,14,16H,2-5,10-11,13H2,1H3,(H,21,22)/b9-7+/t14-,16+/m0/s1. The lowest BCUT2D eigenvalue weighted by Crippen LogP contribution is -2.42. The molecule has 140 valence electrons. The van der Waals surface area contributed by atoms with E-state index in [0.717, 1.165) is 24.8 Å². The molecule has 2 atom stereocenters. The molecule has 1 fully saturated rings. The number of rotatable bonds is 5. The highest BCUT2D eigenvalue weighted by molar-refractivity contribution is 5.89. The Morgan fingerprint density at radius 1 is 1.19 bits per heavy atom. The van der Waals surface area contributed by atoms with Crippen LogP contribution in [0.3, 0.4) is 0 Å². The molecule has 1 aliphatic heterocycles. The Kier molecular flexibility index (Phi) is 6.15. The van der Waals surface area contributed by atoms with Gasteiger partial charge in [0.1, 0.15) is 13.2 Å². The summed E-state index contributed by atoms with van der Waals surface area (Å²) < 4.78 is 16.0. The van der Waals surface area contributed by atoms with Crippen molar-refractivity contribution in [3.63, 3.8) is 0 Å². The van der Waals surface area contributed by atoms with Crippen LogP contribution in [-0.4, -0.2) is 37.7 Å². The molecule has 26 heavy (non-hydrogen) atoms. The van der Waals surface area contributed by atoms with E-state index in [1.807, 2.05) is 6.07 Å². The average Bonchev–Trinajstić information content (AvgIpc) is 2.66. The van der Waals surface area contributed by atoms with Crippen molar-refractivity contribution < 1.29 is 23.8 Å². The Morgan fingerprint density at radius 2 is 1.96 bits per heavy atom. The summed E-state index contributed by atoms with van der Waals surface area (Å²) in [5.74, 6) is 1.03. The zero-order valence-corrected chi connectivity index (χ0v) is 15.0. The van der Waals surface area contributed by atoms with Crippen LogP contribution in [0.4, 0.5) is 0 Å². The van der Waals surface area contributed by atoms with Crippen LogP contribution >= 0.6 is 0 Å². The van der Waals surface area contributed by atoms with Gasteiger partial charge in [-0.15, -0.1) is 0 Å². The number of nitrogens with one attached hydrogen (secondary N) is 1. The molecule has 0 spiro atoms. The van der Waals surface area contributed by atoms with E-state index in [1.54, 1.807) is 18.2 Å². The van der Waals surface area contributed by atoms with Crippen molar-refractivity contribution in [2.75, 3.05) is 19.8 Å². The first-order chi connectivity index (χ1) is 12.6. The minimum absolute atomic E-state index is 0.184. The van der Waals surface area contributed by atoms with Crippen LogP contribution in [-0.2, 0) is 14.3 Å². The summed E-state index contributed by atoms with van der Waals surface area (Å²) in [5, 5.41) is 2.96. The van der Waals surface area contributed by atoms with E-state index in [1.165, 1.54) is 12.5 Å². The Balaban J connectivity index is 1.44. The fourth-order valence-corrected chi connectivity index (χ4v) is 3.29. The van der Waals surface area contributed by atoms with Crippen LogP contribution in [0.25, 0.3) is 6.08 Å². The average molecular weight is 359 g/mol. The highest BCUT2D eigenvalue weighted by atomic mass is 16.6. The summed E-state index contributed by atoms with van der Waals surface area (Å²) in [7, 11) is 0. The summed E-state index contributed by atoms with van der Waals surface area (Å²) in [4.78, 5) is 23.8. The predicted octanol–water partition coefficient (Wildman–Crippen LogP) is 2.71. The van der Waals surface area contributed by atoms with Gasteiger partial charge in [0.2, 0.25) is 0 Å². The number of carbonyl (C=O) groups is 2. The summed E-state index contributed by atoms with van der Waals surface area (Å²) in [5.41, 5.74) is 0.798. The number of fused-ring (bicyclic) bond motifs is 1. The van der Waals surface area contributed by atoms with Crippen molar-refractivity contribution in [3.8, 4) is 11.5 Å². The molecule has 1 aliphatic carbocycles. The van der Waals surface area contributed by atoms with Crippen LogP contribution in [0.2, 0.25) is 0 Å². The summed E-state index contributed by atoms with van der Waals surface area (Å²) in [6.07, 6.45) is 7.40.